The van der Waals surface area contributed by atoms with Gasteiger partial charge < -0.3 is 9.64 Å². The first kappa shape index (κ1) is 18.9. The second-order valence-corrected chi connectivity index (χ2v) is 7.85. The molecule has 0 atom stereocenters. The minimum atomic E-state index is -0.0607. The molecular weight excluding hydrogens is 400 g/mol. The number of carbonyl (C=O) groups is 1. The highest BCUT2D eigenvalue weighted by Crippen LogP contribution is 2.16. The minimum Gasteiger partial charge on any atom is -0.484 e. The Bertz CT molecular complexity index is 1030. The van der Waals surface area contributed by atoms with Gasteiger partial charge in [-0.2, -0.15) is 0 Å². The quantitative estimate of drug-likeness (QED) is 0.635. The Morgan fingerprint density at radius 2 is 1.93 bits per heavy atom. The van der Waals surface area contributed by atoms with E-state index in [1.807, 2.05) is 5.38 Å². The van der Waals surface area contributed by atoms with E-state index < -0.39 is 0 Å². The Kier molecular flexibility index (Phi) is 5.61. The van der Waals surface area contributed by atoms with Crippen LogP contribution >= 0.6 is 22.9 Å². The summed E-state index contributed by atoms with van der Waals surface area (Å²) in [6.07, 6.45) is 1.73. The van der Waals surface area contributed by atoms with Crippen molar-refractivity contribution in [3.05, 3.63) is 63.0 Å². The van der Waals surface area contributed by atoms with Gasteiger partial charge in [0.05, 0.1) is 5.69 Å². The van der Waals surface area contributed by atoms with Crippen LogP contribution in [-0.4, -0.2) is 57.9 Å². The number of hydrogen-bond donors (Lipinski definition) is 0. The Balaban J connectivity index is 1.28. The van der Waals surface area contributed by atoms with Gasteiger partial charge in [-0.05, 0) is 24.3 Å². The van der Waals surface area contributed by atoms with E-state index >= 15 is 0 Å². The number of carbonyl (C=O) groups excluding carboxylic acids is 1. The maximum absolute atomic E-state index is 12.4. The molecule has 1 amide bonds. The Hall–Kier alpha value is -2.42. The zero-order valence-corrected chi connectivity index (χ0v) is 16.7. The van der Waals surface area contributed by atoms with E-state index in [0.29, 0.717) is 35.4 Å². The first-order chi connectivity index (χ1) is 13.6. The third kappa shape index (κ3) is 4.35. The Labute approximate surface area is 170 Å². The van der Waals surface area contributed by atoms with Crippen LogP contribution in [0.4, 0.5) is 0 Å². The highest BCUT2D eigenvalue weighted by molar-refractivity contribution is 7.15. The number of amides is 1. The van der Waals surface area contributed by atoms with E-state index in [0.717, 1.165) is 18.8 Å². The van der Waals surface area contributed by atoms with Crippen molar-refractivity contribution < 1.29 is 9.53 Å². The van der Waals surface area contributed by atoms with Crippen LogP contribution in [-0.2, 0) is 11.3 Å². The molecule has 7 nitrogen and oxygen atoms in total. The summed E-state index contributed by atoms with van der Waals surface area (Å²) in [6, 6.07) is 8.53. The fourth-order valence-electron chi connectivity index (χ4n) is 3.12. The van der Waals surface area contributed by atoms with Gasteiger partial charge in [0.1, 0.15) is 5.75 Å². The summed E-state index contributed by atoms with van der Waals surface area (Å²) in [7, 11) is 0. The lowest BCUT2D eigenvalue weighted by Crippen LogP contribution is -2.49. The molecule has 0 aliphatic carbocycles. The maximum Gasteiger partial charge on any atom is 0.260 e. The molecule has 0 saturated carbocycles. The Morgan fingerprint density at radius 1 is 1.18 bits per heavy atom. The van der Waals surface area contributed by atoms with Crippen molar-refractivity contribution in [2.75, 3.05) is 32.8 Å². The number of hydrogen-bond acceptors (Lipinski definition) is 6. The molecule has 146 valence electrons. The predicted molar refractivity (Wildman–Crippen MR) is 108 cm³/mol. The number of halogens is 1. The zero-order chi connectivity index (χ0) is 19.5. The van der Waals surface area contributed by atoms with Gasteiger partial charge in [0.15, 0.2) is 11.6 Å². The average Bonchev–Trinajstić information content (AvgIpc) is 3.17. The molecule has 1 aliphatic rings. The van der Waals surface area contributed by atoms with Gasteiger partial charge in [-0.1, -0.05) is 11.6 Å². The van der Waals surface area contributed by atoms with E-state index in [4.69, 9.17) is 16.3 Å². The summed E-state index contributed by atoms with van der Waals surface area (Å²) >= 11 is 7.29. The molecule has 0 radical (unpaired) electrons. The third-order valence-electron chi connectivity index (χ3n) is 4.64. The van der Waals surface area contributed by atoms with Crippen LogP contribution in [0.15, 0.2) is 46.7 Å². The van der Waals surface area contributed by atoms with E-state index in [1.165, 1.54) is 11.3 Å². The van der Waals surface area contributed by atoms with Crippen LogP contribution in [0.2, 0.25) is 5.02 Å². The van der Waals surface area contributed by atoms with E-state index in [9.17, 15) is 9.59 Å². The molecule has 2 aromatic heterocycles. The Morgan fingerprint density at radius 3 is 2.68 bits per heavy atom. The summed E-state index contributed by atoms with van der Waals surface area (Å²) in [5.41, 5.74) is 0.702. The first-order valence-electron chi connectivity index (χ1n) is 8.93. The van der Waals surface area contributed by atoms with Gasteiger partial charge in [0.25, 0.3) is 11.5 Å². The number of rotatable bonds is 5. The lowest BCUT2D eigenvalue weighted by Gasteiger charge is -2.34. The van der Waals surface area contributed by atoms with E-state index in [-0.39, 0.29) is 18.1 Å². The molecule has 0 N–H and O–H groups in total. The summed E-state index contributed by atoms with van der Waals surface area (Å²) in [5, 5.41) is 2.48. The highest BCUT2D eigenvalue weighted by Gasteiger charge is 2.22. The van der Waals surface area contributed by atoms with Crippen LogP contribution in [0.5, 0.6) is 5.75 Å². The van der Waals surface area contributed by atoms with E-state index in [2.05, 4.69) is 9.88 Å². The van der Waals surface area contributed by atoms with Crippen LogP contribution in [0.25, 0.3) is 4.96 Å². The number of aromatic nitrogens is 2. The van der Waals surface area contributed by atoms with Crippen molar-refractivity contribution in [2.24, 2.45) is 0 Å². The lowest BCUT2D eigenvalue weighted by molar-refractivity contribution is -0.135. The molecule has 0 spiro atoms. The van der Waals surface area contributed by atoms with Gasteiger partial charge in [-0.15, -0.1) is 11.3 Å². The van der Waals surface area contributed by atoms with Gasteiger partial charge in [0.2, 0.25) is 0 Å². The van der Waals surface area contributed by atoms with Gasteiger partial charge in [-0.25, -0.2) is 4.98 Å². The SMILES string of the molecule is O=C(COc1ccc(Cl)cc1)N1CCN(Cc2cc(=O)n3ccsc3n2)CC1. The standard InChI is InChI=1S/C19H19ClN4O3S/c20-14-1-3-16(4-2-14)27-13-18(26)23-7-5-22(6-8-23)12-15-11-17(25)24-9-10-28-19(24)21-15/h1-4,9-11H,5-8,12-13H2. The fraction of sp³-hybridized carbons (Fsp3) is 0.316. The maximum atomic E-state index is 12.4. The highest BCUT2D eigenvalue weighted by atomic mass is 35.5. The number of piperazine rings is 1. The molecule has 1 aliphatic heterocycles. The van der Waals surface area contributed by atoms with Crippen LogP contribution in [0.1, 0.15) is 5.69 Å². The van der Waals surface area contributed by atoms with Gasteiger partial charge in [0, 0.05) is 55.4 Å². The number of ether oxygens (including phenoxy) is 1. The monoisotopic (exact) mass is 418 g/mol. The molecule has 3 aromatic rings. The van der Waals surface area contributed by atoms with E-state index in [1.54, 1.807) is 45.8 Å². The zero-order valence-electron chi connectivity index (χ0n) is 15.1. The summed E-state index contributed by atoms with van der Waals surface area (Å²) in [5.74, 6) is 0.587. The van der Waals surface area contributed by atoms with Crippen LogP contribution < -0.4 is 10.3 Å². The topological polar surface area (TPSA) is 67.2 Å². The third-order valence-corrected chi connectivity index (χ3v) is 5.65. The second kappa shape index (κ2) is 8.30. The smallest absolute Gasteiger partial charge is 0.260 e. The minimum absolute atomic E-state index is 0.00893. The number of thiazole rings is 1. The van der Waals surface area contributed by atoms with Crippen molar-refractivity contribution in [1.82, 2.24) is 19.2 Å². The number of benzene rings is 1. The number of nitrogens with zero attached hydrogens (tertiary/aromatic N) is 4. The summed E-state index contributed by atoms with van der Waals surface area (Å²) in [6.45, 7) is 3.34. The molecule has 4 rings (SSSR count). The molecule has 1 saturated heterocycles. The molecular formula is C19H19ClN4O3S. The largest absolute Gasteiger partial charge is 0.484 e. The normalized spacial score (nSPS) is 15.1. The molecule has 0 bridgehead atoms. The lowest BCUT2D eigenvalue weighted by atomic mass is 10.2. The molecule has 1 aromatic carbocycles. The van der Waals surface area contributed by atoms with Crippen molar-refractivity contribution in [3.8, 4) is 5.75 Å². The molecule has 28 heavy (non-hydrogen) atoms. The van der Waals surface area contributed by atoms with Crippen molar-refractivity contribution in [1.29, 1.82) is 0 Å². The van der Waals surface area contributed by atoms with Gasteiger partial charge in [-0.3, -0.25) is 18.9 Å². The molecule has 0 unspecified atom stereocenters. The van der Waals surface area contributed by atoms with Crippen molar-refractivity contribution in [2.45, 2.75) is 6.54 Å². The first-order valence-corrected chi connectivity index (χ1v) is 10.2. The fourth-order valence-corrected chi connectivity index (χ4v) is 3.99. The van der Waals surface area contributed by atoms with Crippen LogP contribution in [0, 0.1) is 0 Å². The summed E-state index contributed by atoms with van der Waals surface area (Å²) < 4.78 is 7.08. The summed E-state index contributed by atoms with van der Waals surface area (Å²) in [4.78, 5) is 33.7. The van der Waals surface area contributed by atoms with Crippen molar-refractivity contribution >= 4 is 33.8 Å². The average molecular weight is 419 g/mol. The molecule has 3 heterocycles. The van der Waals surface area contributed by atoms with Crippen molar-refractivity contribution in [3.63, 3.8) is 0 Å². The van der Waals surface area contributed by atoms with Gasteiger partial charge >= 0.3 is 0 Å². The number of fused-ring (bicyclic) bond motifs is 1. The second-order valence-electron chi connectivity index (χ2n) is 6.54. The van der Waals surface area contributed by atoms with Crippen LogP contribution in [0.3, 0.4) is 0 Å². The predicted octanol–water partition coefficient (Wildman–Crippen LogP) is 2.13. The molecule has 9 heteroatoms. The molecule has 1 fully saturated rings.